The van der Waals surface area contributed by atoms with Crippen LogP contribution in [0.3, 0.4) is 0 Å². The van der Waals surface area contributed by atoms with Crippen LogP contribution in [0.5, 0.6) is 11.5 Å². The molecule has 1 atom stereocenters. The second-order valence-corrected chi connectivity index (χ2v) is 4.12. The summed E-state index contributed by atoms with van der Waals surface area (Å²) in [6.07, 6.45) is 8.02. The van der Waals surface area contributed by atoms with Crippen LogP contribution in [0.1, 0.15) is 37.8 Å². The fourth-order valence-corrected chi connectivity index (χ4v) is 1.66. The van der Waals surface area contributed by atoms with Gasteiger partial charge in [-0.15, -0.1) is 12.3 Å². The Kier molecular flexibility index (Phi) is 5.38. The molecule has 0 spiro atoms. The lowest BCUT2D eigenvalue weighted by Gasteiger charge is -2.14. The lowest BCUT2D eigenvalue weighted by molar-refractivity contribution is 0.445. The maximum absolute atomic E-state index is 9.37. The maximum Gasteiger partial charge on any atom is 0.119 e. The molecule has 17 heavy (non-hydrogen) atoms. The SMILES string of the molecule is C#CCCCCNC(C)c1cc(O)cc(O)c1. The molecular formula is C14H19NO2. The smallest absolute Gasteiger partial charge is 0.119 e. The molecule has 0 aliphatic carbocycles. The first-order valence-corrected chi connectivity index (χ1v) is 5.83. The summed E-state index contributed by atoms with van der Waals surface area (Å²) in [5.74, 6) is 2.78. The first-order valence-electron chi connectivity index (χ1n) is 5.83. The molecule has 0 aliphatic heterocycles. The summed E-state index contributed by atoms with van der Waals surface area (Å²) in [4.78, 5) is 0. The highest BCUT2D eigenvalue weighted by atomic mass is 16.3. The Balaban J connectivity index is 2.41. The summed E-state index contributed by atoms with van der Waals surface area (Å²) in [7, 11) is 0. The number of benzene rings is 1. The number of hydrogen-bond acceptors (Lipinski definition) is 3. The van der Waals surface area contributed by atoms with Gasteiger partial charge in [0.25, 0.3) is 0 Å². The van der Waals surface area contributed by atoms with Gasteiger partial charge in [-0.1, -0.05) is 0 Å². The number of aromatic hydroxyl groups is 2. The minimum atomic E-state index is 0.0842. The second-order valence-electron chi connectivity index (χ2n) is 4.12. The zero-order valence-corrected chi connectivity index (χ0v) is 10.1. The Labute approximate surface area is 102 Å². The highest BCUT2D eigenvalue weighted by Gasteiger charge is 2.06. The summed E-state index contributed by atoms with van der Waals surface area (Å²) in [5, 5.41) is 22.1. The molecule has 3 nitrogen and oxygen atoms in total. The number of unbranched alkanes of at least 4 members (excludes halogenated alkanes) is 2. The monoisotopic (exact) mass is 233 g/mol. The molecular weight excluding hydrogens is 214 g/mol. The van der Waals surface area contributed by atoms with Gasteiger partial charge in [0.05, 0.1) is 0 Å². The van der Waals surface area contributed by atoms with Crippen molar-refractivity contribution in [2.24, 2.45) is 0 Å². The van der Waals surface area contributed by atoms with Gasteiger partial charge in [-0.2, -0.15) is 0 Å². The van der Waals surface area contributed by atoms with Crippen LogP contribution in [0, 0.1) is 12.3 Å². The Morgan fingerprint density at radius 2 is 1.88 bits per heavy atom. The third-order valence-electron chi connectivity index (χ3n) is 2.62. The summed E-state index contributed by atoms with van der Waals surface area (Å²) < 4.78 is 0. The minimum Gasteiger partial charge on any atom is -0.508 e. The van der Waals surface area contributed by atoms with Crippen LogP contribution in [0.25, 0.3) is 0 Å². The van der Waals surface area contributed by atoms with E-state index in [1.807, 2.05) is 6.92 Å². The summed E-state index contributed by atoms with van der Waals surface area (Å²) in [5.41, 5.74) is 0.874. The number of phenols is 2. The van der Waals surface area contributed by atoms with E-state index in [9.17, 15) is 10.2 Å². The molecule has 1 unspecified atom stereocenters. The largest absolute Gasteiger partial charge is 0.508 e. The molecule has 92 valence electrons. The number of phenolic OH excluding ortho intramolecular Hbond substituents is 2. The van der Waals surface area contributed by atoms with Crippen LogP contribution < -0.4 is 5.32 Å². The summed E-state index contributed by atoms with van der Waals surface area (Å²) in [6, 6.07) is 4.72. The van der Waals surface area contributed by atoms with E-state index in [1.54, 1.807) is 12.1 Å². The van der Waals surface area contributed by atoms with Crippen molar-refractivity contribution in [3.05, 3.63) is 23.8 Å². The van der Waals surface area contributed by atoms with Gasteiger partial charge in [-0.25, -0.2) is 0 Å². The van der Waals surface area contributed by atoms with E-state index in [0.29, 0.717) is 0 Å². The van der Waals surface area contributed by atoms with Gasteiger partial charge in [0.2, 0.25) is 0 Å². The van der Waals surface area contributed by atoms with Crippen LogP contribution in [0.2, 0.25) is 0 Å². The van der Waals surface area contributed by atoms with Crippen molar-refractivity contribution in [1.29, 1.82) is 0 Å². The van der Waals surface area contributed by atoms with E-state index in [0.717, 1.165) is 31.4 Å². The number of hydrogen-bond donors (Lipinski definition) is 3. The van der Waals surface area contributed by atoms with E-state index < -0.39 is 0 Å². The molecule has 0 saturated heterocycles. The maximum atomic E-state index is 9.37. The van der Waals surface area contributed by atoms with Crippen molar-refractivity contribution >= 4 is 0 Å². The molecule has 0 aliphatic rings. The van der Waals surface area contributed by atoms with Crippen LogP contribution in [-0.4, -0.2) is 16.8 Å². The Bertz CT molecular complexity index is 375. The lowest BCUT2D eigenvalue weighted by Crippen LogP contribution is -2.19. The fraction of sp³-hybridized carbons (Fsp3) is 0.429. The first kappa shape index (κ1) is 13.4. The Morgan fingerprint density at radius 1 is 1.24 bits per heavy atom. The molecule has 1 aromatic rings. The van der Waals surface area contributed by atoms with E-state index in [4.69, 9.17) is 6.42 Å². The molecule has 1 rings (SSSR count). The average molecular weight is 233 g/mol. The van der Waals surface area contributed by atoms with Crippen LogP contribution in [-0.2, 0) is 0 Å². The normalized spacial score (nSPS) is 12.0. The average Bonchev–Trinajstić information content (AvgIpc) is 2.27. The number of rotatable bonds is 6. The predicted molar refractivity (Wildman–Crippen MR) is 68.9 cm³/mol. The fourth-order valence-electron chi connectivity index (χ4n) is 1.66. The second kappa shape index (κ2) is 6.82. The van der Waals surface area contributed by atoms with Crippen molar-refractivity contribution in [1.82, 2.24) is 5.32 Å². The van der Waals surface area contributed by atoms with Gasteiger partial charge in [-0.05, 0) is 44.0 Å². The highest BCUT2D eigenvalue weighted by Crippen LogP contribution is 2.24. The standard InChI is InChI=1S/C14H19NO2/c1-3-4-5-6-7-15-11(2)12-8-13(16)10-14(17)9-12/h1,8-11,15-17H,4-7H2,2H3. The minimum absolute atomic E-state index is 0.0842. The lowest BCUT2D eigenvalue weighted by atomic mass is 10.1. The quantitative estimate of drug-likeness (QED) is 0.523. The van der Waals surface area contributed by atoms with Crippen molar-refractivity contribution in [3.8, 4) is 23.8 Å². The summed E-state index contributed by atoms with van der Waals surface area (Å²) in [6.45, 7) is 2.87. The first-order chi connectivity index (χ1) is 8.13. The molecule has 0 amide bonds. The molecule has 0 radical (unpaired) electrons. The van der Waals surface area contributed by atoms with Crippen molar-refractivity contribution < 1.29 is 10.2 Å². The highest BCUT2D eigenvalue weighted by molar-refractivity contribution is 5.37. The topological polar surface area (TPSA) is 52.5 Å². The molecule has 3 heteroatoms. The van der Waals surface area contributed by atoms with Crippen LogP contribution in [0.4, 0.5) is 0 Å². The van der Waals surface area contributed by atoms with E-state index in [1.165, 1.54) is 6.07 Å². The van der Waals surface area contributed by atoms with E-state index in [2.05, 4.69) is 11.2 Å². The molecule has 3 N–H and O–H groups in total. The molecule has 0 aromatic heterocycles. The third-order valence-corrected chi connectivity index (χ3v) is 2.62. The van der Waals surface area contributed by atoms with Gasteiger partial charge in [-0.3, -0.25) is 0 Å². The molecule has 0 bridgehead atoms. The third kappa shape index (κ3) is 4.80. The van der Waals surface area contributed by atoms with Gasteiger partial charge < -0.3 is 15.5 Å². The molecule has 0 saturated carbocycles. The Hall–Kier alpha value is -1.66. The number of nitrogens with one attached hydrogen (secondary N) is 1. The van der Waals surface area contributed by atoms with Gasteiger partial charge in [0.1, 0.15) is 11.5 Å². The van der Waals surface area contributed by atoms with Gasteiger partial charge >= 0.3 is 0 Å². The number of terminal acetylenes is 1. The summed E-state index contributed by atoms with van der Waals surface area (Å²) >= 11 is 0. The van der Waals surface area contributed by atoms with Gasteiger partial charge in [0, 0.05) is 18.5 Å². The molecule has 0 heterocycles. The van der Waals surface area contributed by atoms with Crippen LogP contribution >= 0.6 is 0 Å². The zero-order chi connectivity index (χ0) is 12.7. The zero-order valence-electron chi connectivity index (χ0n) is 10.1. The van der Waals surface area contributed by atoms with Gasteiger partial charge in [0.15, 0.2) is 0 Å². The Morgan fingerprint density at radius 3 is 2.47 bits per heavy atom. The predicted octanol–water partition coefficient (Wildman–Crippen LogP) is 2.55. The van der Waals surface area contributed by atoms with Crippen molar-refractivity contribution in [3.63, 3.8) is 0 Å². The van der Waals surface area contributed by atoms with Crippen molar-refractivity contribution in [2.45, 2.75) is 32.2 Å². The van der Waals surface area contributed by atoms with E-state index in [-0.39, 0.29) is 17.5 Å². The van der Waals surface area contributed by atoms with Crippen molar-refractivity contribution in [2.75, 3.05) is 6.54 Å². The van der Waals surface area contributed by atoms with E-state index >= 15 is 0 Å². The molecule has 0 fully saturated rings. The molecule has 1 aromatic carbocycles. The van der Waals surface area contributed by atoms with Crippen LogP contribution in [0.15, 0.2) is 18.2 Å².